The highest BCUT2D eigenvalue weighted by atomic mass is 35.5. The van der Waals surface area contributed by atoms with E-state index in [2.05, 4.69) is 5.10 Å². The fraction of sp³-hybridized carbons (Fsp3) is 0.346. The van der Waals surface area contributed by atoms with Crippen molar-refractivity contribution in [2.75, 3.05) is 20.3 Å². The van der Waals surface area contributed by atoms with Gasteiger partial charge in [-0.05, 0) is 51.5 Å². The number of carbonyl (C=O) groups is 2. The molecule has 0 aliphatic heterocycles. The van der Waals surface area contributed by atoms with Gasteiger partial charge in [0, 0.05) is 53.0 Å². The van der Waals surface area contributed by atoms with Crippen LogP contribution >= 0.6 is 11.6 Å². The van der Waals surface area contributed by atoms with Crippen LogP contribution in [0.2, 0.25) is 5.02 Å². The van der Waals surface area contributed by atoms with Crippen molar-refractivity contribution >= 4 is 29.4 Å². The molecule has 0 saturated carbocycles. The lowest BCUT2D eigenvalue weighted by molar-refractivity contribution is -0.136. The van der Waals surface area contributed by atoms with Gasteiger partial charge in [-0.15, -0.1) is 0 Å². The normalized spacial score (nSPS) is 11.4. The summed E-state index contributed by atoms with van der Waals surface area (Å²) in [6, 6.07) is 9.44. The van der Waals surface area contributed by atoms with Gasteiger partial charge in [-0.25, -0.2) is 4.79 Å². The molecule has 0 radical (unpaired) electrons. The Morgan fingerprint density at radius 2 is 1.85 bits per heavy atom. The number of benzene rings is 1. The van der Waals surface area contributed by atoms with Crippen molar-refractivity contribution in [2.24, 2.45) is 0 Å². The molecule has 0 bridgehead atoms. The van der Waals surface area contributed by atoms with Gasteiger partial charge < -0.3 is 14.0 Å². The number of methoxy groups -OCH3 is 1. The molecule has 2 heterocycles. The van der Waals surface area contributed by atoms with Crippen LogP contribution in [0, 0.1) is 27.7 Å². The lowest BCUT2D eigenvalue weighted by atomic mass is 10.1. The lowest BCUT2D eigenvalue weighted by Crippen LogP contribution is -2.14. The second-order valence-corrected chi connectivity index (χ2v) is 8.53. The predicted molar refractivity (Wildman–Crippen MR) is 132 cm³/mol. The summed E-state index contributed by atoms with van der Waals surface area (Å²) in [5, 5.41) is 5.25. The van der Waals surface area contributed by atoms with Gasteiger partial charge in [-0.2, -0.15) is 5.10 Å². The van der Waals surface area contributed by atoms with Gasteiger partial charge >= 0.3 is 5.97 Å². The molecule has 0 saturated heterocycles. The maximum absolute atomic E-state index is 12.6. The third kappa shape index (κ3) is 5.85. The number of Topliss-reactive ketones (excluding diaryl/α,β-unsaturated/α-hetero) is 1. The van der Waals surface area contributed by atoms with E-state index in [-0.39, 0.29) is 12.4 Å². The first kappa shape index (κ1) is 25.5. The van der Waals surface area contributed by atoms with Gasteiger partial charge in [0.2, 0.25) is 5.78 Å². The van der Waals surface area contributed by atoms with E-state index in [1.165, 1.54) is 6.08 Å². The minimum absolute atomic E-state index is 0.238. The summed E-state index contributed by atoms with van der Waals surface area (Å²) >= 11 is 6.27. The van der Waals surface area contributed by atoms with Gasteiger partial charge in [0.1, 0.15) is 0 Å². The molecule has 0 N–H and O–H groups in total. The van der Waals surface area contributed by atoms with E-state index in [0.717, 1.165) is 33.9 Å². The minimum Gasteiger partial charge on any atom is -0.454 e. The zero-order valence-electron chi connectivity index (χ0n) is 20.2. The number of nitrogens with zero attached hydrogens (tertiary/aromatic N) is 3. The number of aromatic nitrogens is 3. The average molecular weight is 484 g/mol. The number of hydrogen-bond acceptors (Lipinski definition) is 5. The molecule has 180 valence electrons. The van der Waals surface area contributed by atoms with Gasteiger partial charge in [0.25, 0.3) is 0 Å². The van der Waals surface area contributed by atoms with E-state index in [4.69, 9.17) is 21.1 Å². The van der Waals surface area contributed by atoms with Crippen molar-refractivity contribution in [3.8, 4) is 0 Å². The average Bonchev–Trinajstić information content (AvgIpc) is 3.24. The second-order valence-electron chi connectivity index (χ2n) is 8.13. The summed E-state index contributed by atoms with van der Waals surface area (Å²) in [5.74, 6) is -0.822. The highest BCUT2D eigenvalue weighted by Gasteiger charge is 2.17. The summed E-state index contributed by atoms with van der Waals surface area (Å²) in [7, 11) is 1.64. The Morgan fingerprint density at radius 1 is 1.12 bits per heavy atom. The quantitative estimate of drug-likeness (QED) is 0.237. The monoisotopic (exact) mass is 483 g/mol. The lowest BCUT2D eigenvalue weighted by Gasteiger charge is -2.08. The van der Waals surface area contributed by atoms with Crippen LogP contribution < -0.4 is 0 Å². The van der Waals surface area contributed by atoms with Crippen LogP contribution in [0.1, 0.15) is 44.3 Å². The number of rotatable bonds is 10. The molecule has 0 spiro atoms. The zero-order chi connectivity index (χ0) is 24.8. The van der Waals surface area contributed by atoms with Crippen LogP contribution in [0.15, 0.2) is 36.4 Å². The predicted octanol–water partition coefficient (Wildman–Crippen LogP) is 4.71. The molecular formula is C26H30ClN3O4. The van der Waals surface area contributed by atoms with E-state index < -0.39 is 5.97 Å². The van der Waals surface area contributed by atoms with E-state index >= 15 is 0 Å². The Hall–Kier alpha value is -3.16. The molecular weight excluding hydrogens is 454 g/mol. The largest absolute Gasteiger partial charge is 0.454 e. The summed E-state index contributed by atoms with van der Waals surface area (Å²) in [5.41, 5.74) is 5.83. The minimum atomic E-state index is -0.584. The molecule has 7 nitrogen and oxygen atoms in total. The molecule has 0 aliphatic rings. The summed E-state index contributed by atoms with van der Waals surface area (Å²) in [6.45, 7) is 9.05. The van der Waals surface area contributed by atoms with E-state index in [0.29, 0.717) is 30.3 Å². The van der Waals surface area contributed by atoms with E-state index in [1.54, 1.807) is 13.2 Å². The van der Waals surface area contributed by atoms with E-state index in [9.17, 15) is 9.59 Å². The Balaban J connectivity index is 1.63. The topological polar surface area (TPSA) is 75.3 Å². The van der Waals surface area contributed by atoms with Crippen LogP contribution in [0.3, 0.4) is 0 Å². The molecule has 34 heavy (non-hydrogen) atoms. The molecule has 0 fully saturated rings. The fourth-order valence-electron chi connectivity index (χ4n) is 3.92. The first-order valence-electron chi connectivity index (χ1n) is 11.0. The molecule has 1 aromatic carbocycles. The second kappa shape index (κ2) is 11.3. The number of halogens is 1. The van der Waals surface area contributed by atoms with Crippen molar-refractivity contribution in [3.05, 3.63) is 80.9 Å². The standard InChI is InChI=1S/C26H30ClN3O4/c1-17-14-23(19(3)29(17)12-13-33-5)25(31)16-34-26(32)11-10-22-18(2)28-30(20(22)4)15-21-8-6-7-9-24(21)27/h6-11,14H,12-13,15-16H2,1-5H3/b11-10+. The third-order valence-corrected chi connectivity index (χ3v) is 6.21. The number of ketones is 1. The summed E-state index contributed by atoms with van der Waals surface area (Å²) < 4.78 is 14.2. The molecule has 0 amide bonds. The Labute approximate surface area is 204 Å². The Bertz CT molecular complexity index is 1220. The molecule has 0 unspecified atom stereocenters. The fourth-order valence-corrected chi connectivity index (χ4v) is 4.11. The van der Waals surface area contributed by atoms with Crippen LogP contribution in [0.25, 0.3) is 6.08 Å². The van der Waals surface area contributed by atoms with Crippen molar-refractivity contribution < 1.29 is 19.1 Å². The van der Waals surface area contributed by atoms with Crippen LogP contribution in [0.5, 0.6) is 0 Å². The molecule has 0 atom stereocenters. The SMILES string of the molecule is COCCn1c(C)cc(C(=O)COC(=O)/C=C/c2c(C)nn(Cc3ccccc3Cl)c2C)c1C. The van der Waals surface area contributed by atoms with Crippen LogP contribution in [-0.2, 0) is 27.4 Å². The van der Waals surface area contributed by atoms with Crippen molar-refractivity contribution in [1.82, 2.24) is 14.3 Å². The van der Waals surface area contributed by atoms with Crippen LogP contribution in [0.4, 0.5) is 0 Å². The number of ether oxygens (including phenoxy) is 2. The van der Waals surface area contributed by atoms with Crippen molar-refractivity contribution in [3.63, 3.8) is 0 Å². The number of carbonyl (C=O) groups excluding carboxylic acids is 2. The van der Waals surface area contributed by atoms with E-state index in [1.807, 2.05) is 67.3 Å². The molecule has 2 aromatic heterocycles. The molecule has 8 heteroatoms. The zero-order valence-corrected chi connectivity index (χ0v) is 21.0. The first-order chi connectivity index (χ1) is 16.2. The molecule has 3 aromatic rings. The Kier molecular flexibility index (Phi) is 8.47. The smallest absolute Gasteiger partial charge is 0.331 e. The summed E-state index contributed by atoms with van der Waals surface area (Å²) in [4.78, 5) is 24.9. The third-order valence-electron chi connectivity index (χ3n) is 5.84. The maximum Gasteiger partial charge on any atom is 0.331 e. The van der Waals surface area contributed by atoms with Crippen molar-refractivity contribution in [2.45, 2.75) is 40.8 Å². The highest BCUT2D eigenvalue weighted by molar-refractivity contribution is 6.31. The maximum atomic E-state index is 12.6. The number of aryl methyl sites for hydroxylation is 2. The first-order valence-corrected chi connectivity index (χ1v) is 11.4. The van der Waals surface area contributed by atoms with Crippen molar-refractivity contribution in [1.29, 1.82) is 0 Å². The highest BCUT2D eigenvalue weighted by Crippen LogP contribution is 2.20. The number of esters is 1. The van der Waals surface area contributed by atoms with Gasteiger partial charge in [-0.3, -0.25) is 9.48 Å². The molecule has 3 rings (SSSR count). The summed E-state index contributed by atoms with van der Waals surface area (Å²) in [6.07, 6.45) is 3.00. The Morgan fingerprint density at radius 3 is 2.56 bits per heavy atom. The van der Waals surface area contributed by atoms with Gasteiger partial charge in [0.05, 0.1) is 18.8 Å². The van der Waals surface area contributed by atoms with Gasteiger partial charge in [0.15, 0.2) is 6.61 Å². The molecule has 0 aliphatic carbocycles. The number of hydrogen-bond donors (Lipinski definition) is 0. The van der Waals surface area contributed by atoms with Crippen LogP contribution in [-0.4, -0.2) is 46.4 Å². The van der Waals surface area contributed by atoms with Gasteiger partial charge in [-0.1, -0.05) is 29.8 Å².